The summed E-state index contributed by atoms with van der Waals surface area (Å²) in [5, 5.41) is 3.35. The Morgan fingerprint density at radius 3 is 2.31 bits per heavy atom. The second-order valence-electron chi connectivity index (χ2n) is 9.69. The molecule has 0 fully saturated rings. The van der Waals surface area contributed by atoms with Gasteiger partial charge in [-0.05, 0) is 54.7 Å². The van der Waals surface area contributed by atoms with E-state index in [9.17, 15) is 9.59 Å². The van der Waals surface area contributed by atoms with E-state index in [0.29, 0.717) is 29.2 Å². The largest absolute Gasteiger partial charge is 0.377 e. The molecule has 1 N–H and O–H groups in total. The summed E-state index contributed by atoms with van der Waals surface area (Å²) >= 11 is 6.18. The number of amides is 2. The van der Waals surface area contributed by atoms with E-state index in [2.05, 4.69) is 39.9 Å². The highest BCUT2D eigenvalue weighted by atomic mass is 35.5. The predicted molar refractivity (Wildman–Crippen MR) is 135 cm³/mol. The fraction of sp³-hybridized carbons (Fsp3) is 0.462. The van der Waals surface area contributed by atoms with E-state index in [4.69, 9.17) is 11.6 Å². The fourth-order valence-electron chi connectivity index (χ4n) is 3.52. The highest BCUT2D eigenvalue weighted by molar-refractivity contribution is 6.34. The Bertz CT molecular complexity index is 950. The van der Waals surface area contributed by atoms with Gasteiger partial charge in [-0.15, -0.1) is 0 Å². The molecule has 0 aliphatic carbocycles. The monoisotopic (exact) mass is 457 g/mol. The first-order chi connectivity index (χ1) is 14.9. The number of rotatable bonds is 8. The van der Waals surface area contributed by atoms with Gasteiger partial charge in [0.25, 0.3) is 5.91 Å². The summed E-state index contributed by atoms with van der Waals surface area (Å²) in [6, 6.07) is 12.9. The van der Waals surface area contributed by atoms with E-state index >= 15 is 0 Å². The third-order valence-corrected chi connectivity index (χ3v) is 5.73. The van der Waals surface area contributed by atoms with Crippen molar-refractivity contribution in [3.63, 3.8) is 0 Å². The molecule has 32 heavy (non-hydrogen) atoms. The first-order valence-corrected chi connectivity index (χ1v) is 11.5. The summed E-state index contributed by atoms with van der Waals surface area (Å²) < 4.78 is 0. The molecule has 1 atom stereocenters. The maximum absolute atomic E-state index is 13.2. The summed E-state index contributed by atoms with van der Waals surface area (Å²) in [6.07, 6.45) is 1.35. The van der Waals surface area contributed by atoms with Crippen molar-refractivity contribution < 1.29 is 9.59 Å². The lowest BCUT2D eigenvalue weighted by Gasteiger charge is -2.33. The molecule has 0 unspecified atom stereocenters. The Hall–Kier alpha value is -2.53. The van der Waals surface area contributed by atoms with E-state index < -0.39 is 0 Å². The van der Waals surface area contributed by atoms with E-state index in [1.54, 1.807) is 24.3 Å². The third-order valence-electron chi connectivity index (χ3n) is 5.40. The Kier molecular flexibility index (Phi) is 8.73. The van der Waals surface area contributed by atoms with Crippen LogP contribution in [0, 0.1) is 5.41 Å². The molecule has 2 rings (SSSR count). The van der Waals surface area contributed by atoms with Crippen molar-refractivity contribution in [3.8, 4) is 0 Å². The molecule has 0 radical (unpaired) electrons. The van der Waals surface area contributed by atoms with Gasteiger partial charge in [-0.1, -0.05) is 51.4 Å². The van der Waals surface area contributed by atoms with E-state index in [-0.39, 0.29) is 23.3 Å². The van der Waals surface area contributed by atoms with Crippen LogP contribution >= 0.6 is 11.6 Å². The van der Waals surface area contributed by atoms with Crippen LogP contribution in [0.2, 0.25) is 5.02 Å². The van der Waals surface area contributed by atoms with Crippen LogP contribution in [0.1, 0.15) is 63.4 Å². The van der Waals surface area contributed by atoms with Gasteiger partial charge >= 0.3 is 0 Å². The van der Waals surface area contributed by atoms with Crippen molar-refractivity contribution in [2.24, 2.45) is 5.41 Å². The number of nitrogens with zero attached hydrogens (tertiary/aromatic N) is 2. The Morgan fingerprint density at radius 2 is 1.75 bits per heavy atom. The molecule has 2 amide bonds. The van der Waals surface area contributed by atoms with Gasteiger partial charge < -0.3 is 15.1 Å². The molecule has 0 saturated heterocycles. The Morgan fingerprint density at radius 1 is 1.09 bits per heavy atom. The fourth-order valence-corrected chi connectivity index (χ4v) is 3.74. The molecule has 0 saturated carbocycles. The summed E-state index contributed by atoms with van der Waals surface area (Å²) in [6.45, 7) is 10.9. The Labute approximate surface area is 197 Å². The first kappa shape index (κ1) is 25.7. The lowest BCUT2D eigenvalue weighted by Crippen LogP contribution is -2.39. The van der Waals surface area contributed by atoms with Crippen LogP contribution < -0.4 is 10.2 Å². The van der Waals surface area contributed by atoms with Crippen molar-refractivity contribution in [3.05, 3.63) is 58.6 Å². The summed E-state index contributed by atoms with van der Waals surface area (Å²) in [5.74, 6) is -0.121. The SMILES string of the molecule is CC[C@@H](C)N(Cc1cc(NC(=O)c2ccccc2Cl)ccc1N(C)C)C(=O)CC(C)(C)C. The second-order valence-corrected chi connectivity index (χ2v) is 10.1. The number of anilines is 2. The van der Waals surface area contributed by atoms with Crippen LogP contribution in [0.4, 0.5) is 11.4 Å². The molecular formula is C26H36ClN3O2. The zero-order valence-electron chi connectivity index (χ0n) is 20.3. The van der Waals surface area contributed by atoms with E-state index in [1.807, 2.05) is 42.1 Å². The van der Waals surface area contributed by atoms with Crippen LogP contribution in [0.5, 0.6) is 0 Å². The molecule has 0 aliphatic rings. The zero-order chi connectivity index (χ0) is 24.1. The molecule has 0 aliphatic heterocycles. The van der Waals surface area contributed by atoms with Crippen LogP contribution in [-0.2, 0) is 11.3 Å². The smallest absolute Gasteiger partial charge is 0.257 e. The van der Waals surface area contributed by atoms with Gasteiger partial charge in [-0.2, -0.15) is 0 Å². The van der Waals surface area contributed by atoms with Gasteiger partial charge in [0.1, 0.15) is 0 Å². The maximum atomic E-state index is 13.2. The molecule has 174 valence electrons. The van der Waals surface area contributed by atoms with Gasteiger partial charge in [0.15, 0.2) is 0 Å². The predicted octanol–water partition coefficient (Wildman–Crippen LogP) is 6.22. The van der Waals surface area contributed by atoms with Gasteiger partial charge in [0.05, 0.1) is 10.6 Å². The maximum Gasteiger partial charge on any atom is 0.257 e. The number of benzene rings is 2. The topological polar surface area (TPSA) is 52.7 Å². The van der Waals surface area contributed by atoms with E-state index in [0.717, 1.165) is 17.7 Å². The van der Waals surface area contributed by atoms with Gasteiger partial charge in [-0.3, -0.25) is 9.59 Å². The highest BCUT2D eigenvalue weighted by Gasteiger charge is 2.25. The zero-order valence-corrected chi connectivity index (χ0v) is 21.1. The minimum Gasteiger partial charge on any atom is -0.377 e. The summed E-state index contributed by atoms with van der Waals surface area (Å²) in [4.78, 5) is 29.9. The number of carbonyl (C=O) groups is 2. The van der Waals surface area contributed by atoms with Crippen molar-refractivity contribution in [2.45, 2.75) is 60.0 Å². The minimum absolute atomic E-state index is 0.0854. The van der Waals surface area contributed by atoms with Crippen molar-refractivity contribution in [2.75, 3.05) is 24.3 Å². The van der Waals surface area contributed by atoms with Crippen LogP contribution in [0.25, 0.3) is 0 Å². The minimum atomic E-state index is -0.262. The number of hydrogen-bond donors (Lipinski definition) is 1. The second kappa shape index (κ2) is 10.9. The molecule has 0 heterocycles. The van der Waals surface area contributed by atoms with Crippen molar-refractivity contribution in [1.29, 1.82) is 0 Å². The van der Waals surface area contributed by atoms with Crippen LogP contribution in [0.15, 0.2) is 42.5 Å². The van der Waals surface area contributed by atoms with Gasteiger partial charge in [0.2, 0.25) is 5.91 Å². The molecule has 2 aromatic carbocycles. The molecule has 0 aromatic heterocycles. The lowest BCUT2D eigenvalue weighted by atomic mass is 9.91. The quantitative estimate of drug-likeness (QED) is 0.511. The Balaban J connectivity index is 2.36. The molecule has 0 bridgehead atoms. The molecule has 5 nitrogen and oxygen atoms in total. The normalized spacial score (nSPS) is 12.2. The number of nitrogens with one attached hydrogen (secondary N) is 1. The summed E-state index contributed by atoms with van der Waals surface area (Å²) in [7, 11) is 3.96. The molecule has 2 aromatic rings. The van der Waals surface area contributed by atoms with Gasteiger partial charge in [0, 0.05) is 44.5 Å². The number of carbonyl (C=O) groups excluding carboxylic acids is 2. The van der Waals surface area contributed by atoms with Crippen molar-refractivity contribution >= 4 is 34.8 Å². The van der Waals surface area contributed by atoms with Crippen LogP contribution in [-0.4, -0.2) is 36.9 Å². The molecule has 0 spiro atoms. The third kappa shape index (κ3) is 6.99. The van der Waals surface area contributed by atoms with Gasteiger partial charge in [-0.25, -0.2) is 0 Å². The molecule has 6 heteroatoms. The average molecular weight is 458 g/mol. The molecular weight excluding hydrogens is 422 g/mol. The van der Waals surface area contributed by atoms with Crippen LogP contribution in [0.3, 0.4) is 0 Å². The van der Waals surface area contributed by atoms with E-state index in [1.165, 1.54) is 0 Å². The highest BCUT2D eigenvalue weighted by Crippen LogP contribution is 2.28. The number of halogens is 1. The first-order valence-electron chi connectivity index (χ1n) is 11.1. The number of hydrogen-bond acceptors (Lipinski definition) is 3. The lowest BCUT2D eigenvalue weighted by molar-refractivity contribution is -0.135. The summed E-state index contributed by atoms with van der Waals surface area (Å²) in [5.41, 5.74) is 3.00. The van der Waals surface area contributed by atoms with Crippen molar-refractivity contribution in [1.82, 2.24) is 4.90 Å². The standard InChI is InChI=1S/C26H36ClN3O2/c1-8-18(2)30(24(31)16-26(3,4)5)17-19-15-20(13-14-23(19)29(6)7)28-25(32)21-11-9-10-12-22(21)27/h9-15,18H,8,16-17H2,1-7H3,(H,28,32)/t18-/m1/s1. The average Bonchev–Trinajstić information content (AvgIpc) is 2.70.